The molecular weight excluding hydrogens is 276 g/mol. The third kappa shape index (κ3) is 3.65. The lowest BCUT2D eigenvalue weighted by Crippen LogP contribution is -2.40. The molecule has 0 aliphatic heterocycles. The number of carbonyl (C=O) groups excluding carboxylic acids is 1. The zero-order valence-electron chi connectivity index (χ0n) is 9.92. The van der Waals surface area contributed by atoms with Gasteiger partial charge in [0.25, 0.3) is 11.6 Å². The molecule has 0 spiro atoms. The number of halogens is 1. The first-order chi connectivity index (χ1) is 8.86. The van der Waals surface area contributed by atoms with Gasteiger partial charge >= 0.3 is 5.97 Å². The molecule has 0 unspecified atom stereocenters. The molecular formula is C11H11ClN2O5. The van der Waals surface area contributed by atoms with Gasteiger partial charge in [-0.2, -0.15) is 0 Å². The number of hydrogen-bond donors (Lipinski definition) is 2. The zero-order chi connectivity index (χ0) is 14.6. The fraction of sp³-hybridized carbons (Fsp3) is 0.273. The molecule has 0 aliphatic rings. The van der Waals surface area contributed by atoms with E-state index in [1.807, 2.05) is 0 Å². The highest BCUT2D eigenvalue weighted by atomic mass is 35.5. The van der Waals surface area contributed by atoms with Gasteiger partial charge in [-0.25, -0.2) is 4.79 Å². The van der Waals surface area contributed by atoms with Gasteiger partial charge in [0.15, 0.2) is 0 Å². The number of nitro benzene ring substituents is 1. The minimum atomic E-state index is -1.20. The Morgan fingerprint density at radius 1 is 1.53 bits per heavy atom. The Morgan fingerprint density at radius 2 is 2.16 bits per heavy atom. The summed E-state index contributed by atoms with van der Waals surface area (Å²) in [5.74, 6) is -2.02. The van der Waals surface area contributed by atoms with Crippen LogP contribution in [0.4, 0.5) is 5.69 Å². The van der Waals surface area contributed by atoms with E-state index >= 15 is 0 Å². The van der Waals surface area contributed by atoms with Gasteiger partial charge in [0.2, 0.25) is 0 Å². The molecule has 1 amide bonds. The van der Waals surface area contributed by atoms with Crippen molar-refractivity contribution in [1.82, 2.24) is 5.32 Å². The Hall–Kier alpha value is -2.15. The monoisotopic (exact) mass is 286 g/mol. The largest absolute Gasteiger partial charge is 0.480 e. The summed E-state index contributed by atoms with van der Waals surface area (Å²) in [5.41, 5.74) is -0.695. The van der Waals surface area contributed by atoms with Gasteiger partial charge < -0.3 is 10.4 Å². The van der Waals surface area contributed by atoms with Gasteiger partial charge in [0.1, 0.15) is 11.6 Å². The summed E-state index contributed by atoms with van der Waals surface area (Å²) < 4.78 is 0. The van der Waals surface area contributed by atoms with Crippen LogP contribution in [0, 0.1) is 10.1 Å². The van der Waals surface area contributed by atoms with Crippen molar-refractivity contribution < 1.29 is 19.6 Å². The summed E-state index contributed by atoms with van der Waals surface area (Å²) in [6, 6.07) is 2.45. The molecule has 0 aromatic heterocycles. The Bertz CT molecular complexity index is 532. The molecule has 1 rings (SSSR count). The predicted octanol–water partition coefficient (Wildman–Crippen LogP) is 1.84. The Labute approximate surface area is 113 Å². The molecule has 1 aromatic rings. The molecule has 0 bridgehead atoms. The Morgan fingerprint density at radius 3 is 2.63 bits per heavy atom. The maximum Gasteiger partial charge on any atom is 0.326 e. The molecule has 0 radical (unpaired) electrons. The molecule has 2 N–H and O–H groups in total. The number of hydrogen-bond acceptors (Lipinski definition) is 4. The Kier molecular flexibility index (Phi) is 4.82. The second kappa shape index (κ2) is 6.14. The number of carboxylic acid groups (broad SMARTS) is 1. The molecule has 0 saturated heterocycles. The van der Waals surface area contributed by atoms with Crippen LogP contribution in [-0.4, -0.2) is 27.9 Å². The number of nitrogens with one attached hydrogen (secondary N) is 1. The fourth-order valence-corrected chi connectivity index (χ4v) is 1.59. The van der Waals surface area contributed by atoms with Crippen molar-refractivity contribution in [3.05, 3.63) is 38.9 Å². The van der Waals surface area contributed by atoms with E-state index in [-0.39, 0.29) is 17.0 Å². The second-order valence-electron chi connectivity index (χ2n) is 3.69. The van der Waals surface area contributed by atoms with Crippen molar-refractivity contribution in [2.75, 3.05) is 0 Å². The van der Waals surface area contributed by atoms with Crippen molar-refractivity contribution in [2.24, 2.45) is 0 Å². The van der Waals surface area contributed by atoms with Gasteiger partial charge in [-0.3, -0.25) is 14.9 Å². The van der Waals surface area contributed by atoms with Crippen molar-refractivity contribution in [1.29, 1.82) is 0 Å². The van der Waals surface area contributed by atoms with E-state index in [1.165, 1.54) is 12.1 Å². The average Bonchev–Trinajstić information content (AvgIpc) is 2.34. The number of aliphatic carboxylic acids is 1. The van der Waals surface area contributed by atoms with Crippen LogP contribution in [0.2, 0.25) is 5.02 Å². The number of rotatable bonds is 5. The number of amides is 1. The number of carbonyl (C=O) groups is 2. The van der Waals surface area contributed by atoms with Crippen LogP contribution in [0.1, 0.15) is 23.7 Å². The number of carboxylic acids is 1. The molecule has 0 fully saturated rings. The van der Waals surface area contributed by atoms with Crippen LogP contribution >= 0.6 is 11.6 Å². The maximum absolute atomic E-state index is 11.8. The first kappa shape index (κ1) is 14.9. The van der Waals surface area contributed by atoms with E-state index in [9.17, 15) is 19.7 Å². The molecule has 8 heteroatoms. The quantitative estimate of drug-likeness (QED) is 0.634. The van der Waals surface area contributed by atoms with E-state index in [1.54, 1.807) is 6.92 Å². The van der Waals surface area contributed by atoms with Crippen LogP contribution in [0.3, 0.4) is 0 Å². The highest BCUT2D eigenvalue weighted by molar-refractivity contribution is 6.31. The molecule has 1 atom stereocenters. The smallest absolute Gasteiger partial charge is 0.326 e. The van der Waals surface area contributed by atoms with Crippen LogP contribution in [0.25, 0.3) is 0 Å². The molecule has 0 aliphatic carbocycles. The minimum absolute atomic E-state index is 0.119. The van der Waals surface area contributed by atoms with E-state index in [2.05, 4.69) is 5.32 Å². The van der Waals surface area contributed by atoms with Gasteiger partial charge in [-0.05, 0) is 18.6 Å². The number of nitro groups is 1. The standard InChI is InChI=1S/C11H11ClN2O5/c1-2-8(11(16)17)13-10(15)7-4-3-6(12)5-9(7)14(18)19/h3-5,8H,2H2,1H3,(H,13,15)(H,16,17)/t8-/m0/s1. The molecule has 0 heterocycles. The van der Waals surface area contributed by atoms with Gasteiger partial charge in [-0.15, -0.1) is 0 Å². The van der Waals surface area contributed by atoms with Crippen LogP contribution in [-0.2, 0) is 4.79 Å². The predicted molar refractivity (Wildman–Crippen MR) is 67.3 cm³/mol. The lowest BCUT2D eigenvalue weighted by Gasteiger charge is -2.12. The van der Waals surface area contributed by atoms with Crippen molar-refractivity contribution >= 4 is 29.2 Å². The summed E-state index contributed by atoms with van der Waals surface area (Å²) in [6.45, 7) is 1.58. The Balaban J connectivity index is 3.06. The average molecular weight is 287 g/mol. The van der Waals surface area contributed by atoms with Crippen LogP contribution < -0.4 is 5.32 Å². The zero-order valence-corrected chi connectivity index (χ0v) is 10.7. The second-order valence-corrected chi connectivity index (χ2v) is 4.13. The SMILES string of the molecule is CC[C@H](NC(=O)c1ccc(Cl)cc1[N+](=O)[O-])C(=O)O. The molecule has 1 aromatic carbocycles. The number of benzene rings is 1. The normalized spacial score (nSPS) is 11.7. The third-order valence-electron chi connectivity index (χ3n) is 2.41. The molecule has 102 valence electrons. The van der Waals surface area contributed by atoms with E-state index < -0.39 is 28.5 Å². The fourth-order valence-electron chi connectivity index (χ4n) is 1.42. The summed E-state index contributed by atoms with van der Waals surface area (Å²) in [4.78, 5) is 32.7. The van der Waals surface area contributed by atoms with Crippen molar-refractivity contribution in [3.63, 3.8) is 0 Å². The first-order valence-corrected chi connectivity index (χ1v) is 5.72. The van der Waals surface area contributed by atoms with Crippen molar-refractivity contribution in [3.8, 4) is 0 Å². The lowest BCUT2D eigenvalue weighted by molar-refractivity contribution is -0.385. The highest BCUT2D eigenvalue weighted by Crippen LogP contribution is 2.23. The molecule has 7 nitrogen and oxygen atoms in total. The van der Waals surface area contributed by atoms with Crippen molar-refractivity contribution in [2.45, 2.75) is 19.4 Å². The van der Waals surface area contributed by atoms with Crippen LogP contribution in [0.5, 0.6) is 0 Å². The topological polar surface area (TPSA) is 110 Å². The maximum atomic E-state index is 11.8. The summed E-state index contributed by atoms with van der Waals surface area (Å²) in [7, 11) is 0. The van der Waals surface area contributed by atoms with E-state index in [0.29, 0.717) is 0 Å². The van der Waals surface area contributed by atoms with E-state index in [4.69, 9.17) is 16.7 Å². The van der Waals surface area contributed by atoms with Gasteiger partial charge in [-0.1, -0.05) is 18.5 Å². The summed E-state index contributed by atoms with van der Waals surface area (Å²) >= 11 is 5.62. The van der Waals surface area contributed by atoms with E-state index in [0.717, 1.165) is 6.07 Å². The molecule has 19 heavy (non-hydrogen) atoms. The summed E-state index contributed by atoms with van der Waals surface area (Å²) in [6.07, 6.45) is 0.169. The summed E-state index contributed by atoms with van der Waals surface area (Å²) in [5, 5.41) is 22.0. The van der Waals surface area contributed by atoms with Gasteiger partial charge in [0, 0.05) is 11.1 Å². The van der Waals surface area contributed by atoms with Crippen LogP contribution in [0.15, 0.2) is 18.2 Å². The number of nitrogens with zero attached hydrogens (tertiary/aromatic N) is 1. The van der Waals surface area contributed by atoms with Gasteiger partial charge in [0.05, 0.1) is 4.92 Å². The minimum Gasteiger partial charge on any atom is -0.480 e. The third-order valence-corrected chi connectivity index (χ3v) is 2.65. The molecule has 0 saturated carbocycles. The first-order valence-electron chi connectivity index (χ1n) is 5.34. The lowest BCUT2D eigenvalue weighted by atomic mass is 10.1. The highest BCUT2D eigenvalue weighted by Gasteiger charge is 2.24.